The second-order valence-electron chi connectivity index (χ2n) is 3.83. The summed E-state index contributed by atoms with van der Waals surface area (Å²) in [5.74, 6) is 2.83. The lowest BCUT2D eigenvalue weighted by Crippen LogP contribution is -1.88. The lowest BCUT2D eigenvalue weighted by molar-refractivity contribution is 0.530. The zero-order chi connectivity index (χ0) is 12.1. The molecule has 0 saturated heterocycles. The summed E-state index contributed by atoms with van der Waals surface area (Å²) >= 11 is 1.82. The summed E-state index contributed by atoms with van der Waals surface area (Å²) in [6, 6.07) is 11.9. The first-order valence-corrected chi connectivity index (χ1v) is 6.55. The molecule has 0 bridgehead atoms. The van der Waals surface area contributed by atoms with Crippen LogP contribution in [0.4, 0.5) is 0 Å². The van der Waals surface area contributed by atoms with Crippen molar-refractivity contribution in [2.24, 2.45) is 0 Å². The van der Waals surface area contributed by atoms with Crippen molar-refractivity contribution >= 4 is 11.8 Å². The van der Waals surface area contributed by atoms with E-state index in [-0.39, 0.29) is 0 Å². The van der Waals surface area contributed by atoms with Crippen LogP contribution in [0.1, 0.15) is 22.5 Å². The zero-order valence-corrected chi connectivity index (χ0v) is 10.5. The molecule has 0 spiro atoms. The monoisotopic (exact) mass is 243 g/mol. The number of hydrogen-bond donors (Lipinski definition) is 0. The number of hydrogen-bond acceptors (Lipinski definition) is 3. The highest BCUT2D eigenvalue weighted by Crippen LogP contribution is 2.21. The van der Waals surface area contributed by atoms with Crippen LogP contribution in [0, 0.1) is 18.3 Å². The van der Waals surface area contributed by atoms with E-state index in [1.54, 1.807) is 6.26 Å². The first-order valence-electron chi connectivity index (χ1n) is 5.39. The van der Waals surface area contributed by atoms with Crippen LogP contribution in [0.25, 0.3) is 0 Å². The van der Waals surface area contributed by atoms with E-state index >= 15 is 0 Å². The Kier molecular flexibility index (Phi) is 3.89. The lowest BCUT2D eigenvalue weighted by atomic mass is 10.1. The van der Waals surface area contributed by atoms with Gasteiger partial charge in [-0.15, -0.1) is 11.8 Å². The Morgan fingerprint density at radius 2 is 2.18 bits per heavy atom. The molecule has 86 valence electrons. The topological polar surface area (TPSA) is 36.9 Å². The normalized spacial score (nSPS) is 10.1. The average Bonchev–Trinajstić information content (AvgIpc) is 2.84. The molecule has 0 amide bonds. The molecule has 0 unspecified atom stereocenters. The van der Waals surface area contributed by atoms with E-state index in [2.05, 4.69) is 6.07 Å². The zero-order valence-electron chi connectivity index (χ0n) is 9.64. The van der Waals surface area contributed by atoms with Crippen molar-refractivity contribution in [2.45, 2.75) is 18.4 Å². The Morgan fingerprint density at radius 3 is 2.82 bits per heavy atom. The van der Waals surface area contributed by atoms with Gasteiger partial charge in [0.25, 0.3) is 0 Å². The second-order valence-corrected chi connectivity index (χ2v) is 4.81. The highest BCUT2D eigenvalue weighted by Gasteiger charge is 2.01. The summed E-state index contributed by atoms with van der Waals surface area (Å²) in [5.41, 5.74) is 3.18. The summed E-state index contributed by atoms with van der Waals surface area (Å²) in [4.78, 5) is 0. The van der Waals surface area contributed by atoms with Gasteiger partial charge in [0.1, 0.15) is 5.76 Å². The van der Waals surface area contributed by atoms with Crippen LogP contribution in [-0.4, -0.2) is 0 Å². The summed E-state index contributed by atoms with van der Waals surface area (Å²) in [6.45, 7) is 2.05. The third-order valence-corrected chi connectivity index (χ3v) is 3.56. The summed E-state index contributed by atoms with van der Waals surface area (Å²) < 4.78 is 5.27. The fourth-order valence-electron chi connectivity index (χ4n) is 1.58. The van der Waals surface area contributed by atoms with Crippen LogP contribution in [0.5, 0.6) is 0 Å². The van der Waals surface area contributed by atoms with Crippen molar-refractivity contribution in [3.8, 4) is 6.07 Å². The minimum atomic E-state index is 0.724. The molecule has 1 aromatic carbocycles. The molecule has 17 heavy (non-hydrogen) atoms. The molecule has 0 atom stereocenters. The van der Waals surface area contributed by atoms with Crippen LogP contribution in [0.15, 0.2) is 41.0 Å². The van der Waals surface area contributed by atoms with Crippen molar-refractivity contribution in [1.82, 2.24) is 0 Å². The van der Waals surface area contributed by atoms with E-state index in [0.29, 0.717) is 0 Å². The molecule has 2 aromatic rings. The van der Waals surface area contributed by atoms with E-state index in [4.69, 9.17) is 9.68 Å². The Morgan fingerprint density at radius 1 is 1.29 bits per heavy atom. The molecular formula is C14H13NOS. The molecule has 0 radical (unpaired) electrons. The van der Waals surface area contributed by atoms with Gasteiger partial charge in [0.05, 0.1) is 23.6 Å². The molecule has 2 rings (SSSR count). The van der Waals surface area contributed by atoms with Crippen LogP contribution in [0.2, 0.25) is 0 Å². The van der Waals surface area contributed by atoms with E-state index in [9.17, 15) is 0 Å². The number of nitriles is 1. The molecule has 1 heterocycles. The van der Waals surface area contributed by atoms with E-state index in [0.717, 1.165) is 22.8 Å². The third-order valence-electron chi connectivity index (χ3n) is 2.55. The predicted octanol–water partition coefficient (Wildman–Crippen LogP) is 3.89. The summed E-state index contributed by atoms with van der Waals surface area (Å²) in [5, 5.41) is 8.79. The molecule has 0 saturated carbocycles. The SMILES string of the molecule is Cc1cc(C#N)ccc1CSCc1ccco1. The molecule has 0 fully saturated rings. The van der Waals surface area contributed by atoms with Gasteiger partial charge >= 0.3 is 0 Å². The average molecular weight is 243 g/mol. The standard InChI is InChI=1S/C14H13NOS/c1-11-7-12(8-15)4-5-13(11)9-17-10-14-3-2-6-16-14/h2-7H,9-10H2,1H3. The van der Waals surface area contributed by atoms with Gasteiger partial charge in [-0.1, -0.05) is 6.07 Å². The maximum atomic E-state index is 8.79. The Labute approximate surface area is 105 Å². The van der Waals surface area contributed by atoms with Gasteiger partial charge in [-0.25, -0.2) is 0 Å². The van der Waals surface area contributed by atoms with Gasteiger partial charge in [0.2, 0.25) is 0 Å². The van der Waals surface area contributed by atoms with Crippen LogP contribution >= 0.6 is 11.8 Å². The van der Waals surface area contributed by atoms with E-state index < -0.39 is 0 Å². The molecule has 0 N–H and O–H groups in total. The fraction of sp³-hybridized carbons (Fsp3) is 0.214. The first-order chi connectivity index (χ1) is 8.29. The van der Waals surface area contributed by atoms with Gasteiger partial charge < -0.3 is 4.42 Å². The fourth-order valence-corrected chi connectivity index (χ4v) is 2.59. The Balaban J connectivity index is 1.93. The first kappa shape index (κ1) is 11.8. The van der Waals surface area contributed by atoms with Crippen molar-refractivity contribution < 1.29 is 4.42 Å². The van der Waals surface area contributed by atoms with Gasteiger partial charge in [0, 0.05) is 5.75 Å². The maximum absolute atomic E-state index is 8.79. The molecule has 0 aliphatic heterocycles. The van der Waals surface area contributed by atoms with Crippen molar-refractivity contribution in [2.75, 3.05) is 0 Å². The molecule has 3 heteroatoms. The van der Waals surface area contributed by atoms with E-state index in [1.807, 2.05) is 49.0 Å². The van der Waals surface area contributed by atoms with Crippen LogP contribution in [-0.2, 0) is 11.5 Å². The Hall–Kier alpha value is -1.66. The van der Waals surface area contributed by atoms with Crippen LogP contribution < -0.4 is 0 Å². The van der Waals surface area contributed by atoms with Crippen molar-refractivity contribution in [1.29, 1.82) is 5.26 Å². The minimum Gasteiger partial charge on any atom is -0.468 e. The van der Waals surface area contributed by atoms with Gasteiger partial charge in [0.15, 0.2) is 0 Å². The number of nitrogens with zero attached hydrogens (tertiary/aromatic N) is 1. The molecule has 0 aliphatic rings. The number of aryl methyl sites for hydroxylation is 1. The highest BCUT2D eigenvalue weighted by atomic mass is 32.2. The molecular weight excluding hydrogens is 230 g/mol. The third kappa shape index (κ3) is 3.15. The van der Waals surface area contributed by atoms with Gasteiger partial charge in [-0.2, -0.15) is 5.26 Å². The number of benzene rings is 1. The van der Waals surface area contributed by atoms with Gasteiger partial charge in [-0.3, -0.25) is 0 Å². The van der Waals surface area contributed by atoms with Gasteiger partial charge in [-0.05, 0) is 42.3 Å². The largest absolute Gasteiger partial charge is 0.468 e. The number of thioether (sulfide) groups is 1. The lowest BCUT2D eigenvalue weighted by Gasteiger charge is -2.05. The quantitative estimate of drug-likeness (QED) is 0.817. The smallest absolute Gasteiger partial charge is 0.113 e. The molecule has 1 aromatic heterocycles. The van der Waals surface area contributed by atoms with Crippen LogP contribution in [0.3, 0.4) is 0 Å². The summed E-state index contributed by atoms with van der Waals surface area (Å²) in [7, 11) is 0. The highest BCUT2D eigenvalue weighted by molar-refractivity contribution is 7.97. The second kappa shape index (κ2) is 5.60. The van der Waals surface area contributed by atoms with Crippen molar-refractivity contribution in [3.05, 3.63) is 59.0 Å². The number of furan rings is 1. The predicted molar refractivity (Wildman–Crippen MR) is 69.6 cm³/mol. The molecule has 2 nitrogen and oxygen atoms in total. The summed E-state index contributed by atoms with van der Waals surface area (Å²) in [6.07, 6.45) is 1.70. The maximum Gasteiger partial charge on any atom is 0.113 e. The molecule has 0 aliphatic carbocycles. The number of rotatable bonds is 4. The van der Waals surface area contributed by atoms with E-state index in [1.165, 1.54) is 11.1 Å². The van der Waals surface area contributed by atoms with Crippen molar-refractivity contribution in [3.63, 3.8) is 0 Å². The minimum absolute atomic E-state index is 0.724. The Bertz CT molecular complexity index is 526.